The largest absolute Gasteiger partial charge is 0.495 e. The quantitative estimate of drug-likeness (QED) is 0.803. The van der Waals surface area contributed by atoms with E-state index in [0.717, 1.165) is 37.4 Å². The summed E-state index contributed by atoms with van der Waals surface area (Å²) in [6.45, 7) is 1.84. The number of methoxy groups -OCH3 is 1. The monoisotopic (exact) mass is 376 g/mol. The van der Waals surface area contributed by atoms with E-state index >= 15 is 0 Å². The molecule has 0 saturated carbocycles. The Bertz CT molecular complexity index is 832. The summed E-state index contributed by atoms with van der Waals surface area (Å²) in [4.78, 5) is 6.72. The van der Waals surface area contributed by atoms with Gasteiger partial charge in [-0.2, -0.15) is 0 Å². The number of rotatable bonds is 6. The molecule has 1 aliphatic heterocycles. The minimum Gasteiger partial charge on any atom is -0.495 e. The second kappa shape index (κ2) is 7.92. The van der Waals surface area contributed by atoms with Gasteiger partial charge in [0.15, 0.2) is 0 Å². The van der Waals surface area contributed by atoms with E-state index in [1.54, 1.807) is 19.2 Å². The van der Waals surface area contributed by atoms with Crippen molar-refractivity contribution in [2.75, 3.05) is 37.5 Å². The van der Waals surface area contributed by atoms with Gasteiger partial charge in [-0.15, -0.1) is 0 Å². The number of benzene rings is 1. The zero-order chi connectivity index (χ0) is 18.6. The van der Waals surface area contributed by atoms with Crippen LogP contribution >= 0.6 is 0 Å². The first kappa shape index (κ1) is 18.5. The van der Waals surface area contributed by atoms with Crippen molar-refractivity contribution in [3.8, 4) is 5.75 Å². The van der Waals surface area contributed by atoms with E-state index in [4.69, 9.17) is 4.74 Å². The van der Waals surface area contributed by atoms with Gasteiger partial charge in [0.25, 0.3) is 0 Å². The van der Waals surface area contributed by atoms with Crippen LogP contribution in [0.1, 0.15) is 12.8 Å². The van der Waals surface area contributed by atoms with Crippen LogP contribution in [0, 0.1) is 0 Å². The fourth-order valence-electron chi connectivity index (χ4n) is 3.11. The van der Waals surface area contributed by atoms with E-state index in [1.807, 2.05) is 18.2 Å². The minimum absolute atomic E-state index is 0.163. The Labute approximate surface area is 154 Å². The standard InChI is InChI=1S/C18H24N4O3S/c1-19-26(23,24)15-7-8-18(20-13-15)21-14-9-11-22(12-10-14)16-5-3-4-6-17(16)25-2/h3-8,13-14,19H,9-12H2,1-2H3,(H,20,21). The third-order valence-corrected chi connectivity index (χ3v) is 5.99. The molecule has 1 fully saturated rings. The summed E-state index contributed by atoms with van der Waals surface area (Å²) < 4.78 is 31.2. The number of nitrogens with zero attached hydrogens (tertiary/aromatic N) is 2. The van der Waals surface area contributed by atoms with Crippen LogP contribution in [0.2, 0.25) is 0 Å². The average molecular weight is 376 g/mol. The molecule has 2 aromatic rings. The molecule has 1 aliphatic rings. The van der Waals surface area contributed by atoms with E-state index in [1.165, 1.54) is 13.2 Å². The molecule has 0 atom stereocenters. The Kier molecular flexibility index (Phi) is 5.63. The Balaban J connectivity index is 1.59. The Hall–Kier alpha value is -2.32. The zero-order valence-electron chi connectivity index (χ0n) is 15.0. The van der Waals surface area contributed by atoms with Gasteiger partial charge in [0.2, 0.25) is 10.0 Å². The van der Waals surface area contributed by atoms with Crippen LogP contribution in [0.25, 0.3) is 0 Å². The summed E-state index contributed by atoms with van der Waals surface area (Å²) in [5.74, 6) is 1.58. The van der Waals surface area contributed by atoms with Gasteiger partial charge in [0, 0.05) is 25.3 Å². The van der Waals surface area contributed by atoms with Crippen molar-refractivity contribution in [1.82, 2.24) is 9.71 Å². The molecule has 0 aliphatic carbocycles. The highest BCUT2D eigenvalue weighted by Gasteiger charge is 2.21. The first-order valence-corrected chi connectivity index (χ1v) is 10.1. The fourth-order valence-corrected chi connectivity index (χ4v) is 3.78. The number of anilines is 2. The summed E-state index contributed by atoms with van der Waals surface area (Å²) >= 11 is 0. The maximum Gasteiger partial charge on any atom is 0.241 e. The molecule has 2 N–H and O–H groups in total. The Morgan fingerprint density at radius 1 is 1.15 bits per heavy atom. The molecular formula is C18H24N4O3S. The van der Waals surface area contributed by atoms with Crippen molar-refractivity contribution in [3.63, 3.8) is 0 Å². The van der Waals surface area contributed by atoms with Crippen molar-refractivity contribution < 1.29 is 13.2 Å². The SMILES string of the molecule is CNS(=O)(=O)c1ccc(NC2CCN(c3ccccc3OC)CC2)nc1. The topological polar surface area (TPSA) is 83.6 Å². The molecule has 2 heterocycles. The molecule has 0 spiro atoms. The Morgan fingerprint density at radius 2 is 1.88 bits per heavy atom. The number of sulfonamides is 1. The normalized spacial score (nSPS) is 15.7. The van der Waals surface area contributed by atoms with E-state index in [-0.39, 0.29) is 4.90 Å². The van der Waals surface area contributed by atoms with Gasteiger partial charge >= 0.3 is 0 Å². The summed E-state index contributed by atoms with van der Waals surface area (Å²) in [5.41, 5.74) is 1.12. The van der Waals surface area contributed by atoms with E-state index in [9.17, 15) is 8.42 Å². The highest BCUT2D eigenvalue weighted by Crippen LogP contribution is 2.30. The van der Waals surface area contributed by atoms with Crippen LogP contribution in [0.3, 0.4) is 0 Å². The molecule has 0 amide bonds. The van der Waals surface area contributed by atoms with Crippen LogP contribution in [0.5, 0.6) is 5.75 Å². The number of para-hydroxylation sites is 2. The van der Waals surface area contributed by atoms with Gasteiger partial charge in [0.1, 0.15) is 16.5 Å². The van der Waals surface area contributed by atoms with Gasteiger partial charge in [-0.05, 0) is 44.2 Å². The number of piperidine rings is 1. The number of hydrogen-bond donors (Lipinski definition) is 2. The third-order valence-electron chi connectivity index (χ3n) is 4.59. The van der Waals surface area contributed by atoms with Gasteiger partial charge < -0.3 is 15.0 Å². The second-order valence-electron chi connectivity index (χ2n) is 6.16. The van der Waals surface area contributed by atoms with Crippen molar-refractivity contribution in [1.29, 1.82) is 0 Å². The second-order valence-corrected chi connectivity index (χ2v) is 8.05. The van der Waals surface area contributed by atoms with Gasteiger partial charge in [0.05, 0.1) is 12.8 Å². The maximum atomic E-state index is 11.7. The van der Waals surface area contributed by atoms with Crippen molar-refractivity contribution in [2.24, 2.45) is 0 Å². The molecule has 1 aromatic carbocycles. The van der Waals surface area contributed by atoms with Crippen LogP contribution in [-0.2, 0) is 10.0 Å². The zero-order valence-corrected chi connectivity index (χ0v) is 15.8. The van der Waals surface area contributed by atoms with Crippen molar-refractivity contribution in [3.05, 3.63) is 42.6 Å². The number of aromatic nitrogens is 1. The minimum atomic E-state index is -3.45. The van der Waals surface area contributed by atoms with Crippen LogP contribution in [-0.4, -0.2) is 46.7 Å². The van der Waals surface area contributed by atoms with Crippen molar-refractivity contribution >= 4 is 21.5 Å². The van der Waals surface area contributed by atoms with Crippen LogP contribution in [0.15, 0.2) is 47.5 Å². The number of ether oxygens (including phenoxy) is 1. The summed E-state index contributed by atoms with van der Waals surface area (Å²) in [7, 11) is -0.374. The number of hydrogen-bond acceptors (Lipinski definition) is 6. The lowest BCUT2D eigenvalue weighted by atomic mass is 10.0. The van der Waals surface area contributed by atoms with Crippen LogP contribution < -0.4 is 19.7 Å². The van der Waals surface area contributed by atoms with Gasteiger partial charge in [-0.25, -0.2) is 18.1 Å². The fraction of sp³-hybridized carbons (Fsp3) is 0.389. The molecule has 1 aromatic heterocycles. The Morgan fingerprint density at radius 3 is 2.50 bits per heavy atom. The summed E-state index contributed by atoms with van der Waals surface area (Å²) in [5, 5.41) is 3.39. The van der Waals surface area contributed by atoms with E-state index < -0.39 is 10.0 Å². The predicted molar refractivity (Wildman–Crippen MR) is 102 cm³/mol. The number of nitrogens with one attached hydrogen (secondary N) is 2. The molecule has 26 heavy (non-hydrogen) atoms. The lowest BCUT2D eigenvalue weighted by Gasteiger charge is -2.34. The maximum absolute atomic E-state index is 11.7. The average Bonchev–Trinajstić information content (AvgIpc) is 2.69. The van der Waals surface area contributed by atoms with E-state index in [2.05, 4.69) is 26.0 Å². The lowest BCUT2D eigenvalue weighted by Crippen LogP contribution is -2.39. The molecule has 0 radical (unpaired) electrons. The first-order valence-electron chi connectivity index (χ1n) is 8.57. The lowest BCUT2D eigenvalue weighted by molar-refractivity contribution is 0.411. The number of pyridine rings is 1. The molecule has 1 saturated heterocycles. The van der Waals surface area contributed by atoms with Crippen molar-refractivity contribution in [2.45, 2.75) is 23.8 Å². The molecule has 0 unspecified atom stereocenters. The molecular weight excluding hydrogens is 352 g/mol. The third kappa shape index (κ3) is 4.08. The molecule has 8 heteroatoms. The van der Waals surface area contributed by atoms with Gasteiger partial charge in [-0.1, -0.05) is 12.1 Å². The highest BCUT2D eigenvalue weighted by molar-refractivity contribution is 7.89. The summed E-state index contributed by atoms with van der Waals surface area (Å²) in [6, 6.07) is 11.6. The highest BCUT2D eigenvalue weighted by atomic mass is 32.2. The van der Waals surface area contributed by atoms with Crippen LogP contribution in [0.4, 0.5) is 11.5 Å². The summed E-state index contributed by atoms with van der Waals surface area (Å²) in [6.07, 6.45) is 3.31. The van der Waals surface area contributed by atoms with E-state index in [0.29, 0.717) is 11.9 Å². The molecule has 3 rings (SSSR count). The first-order chi connectivity index (χ1) is 12.5. The smallest absolute Gasteiger partial charge is 0.241 e. The van der Waals surface area contributed by atoms with Gasteiger partial charge in [-0.3, -0.25) is 0 Å². The predicted octanol–water partition coefficient (Wildman–Crippen LogP) is 2.08. The molecule has 7 nitrogen and oxygen atoms in total. The molecule has 140 valence electrons. The molecule has 0 bridgehead atoms.